The summed E-state index contributed by atoms with van der Waals surface area (Å²) < 4.78 is 0. The van der Waals surface area contributed by atoms with Crippen molar-refractivity contribution < 1.29 is 0 Å². The maximum absolute atomic E-state index is 12.2. The maximum Gasteiger partial charge on any atom is 0.257 e. The number of aromatic nitrogens is 3. The number of nitrogens with one attached hydrogen (secondary N) is 1. The predicted molar refractivity (Wildman–Crippen MR) is 111 cm³/mol. The summed E-state index contributed by atoms with van der Waals surface area (Å²) in [6, 6.07) is 22.9. The minimum Gasteiger partial charge on any atom is -0.397 e. The van der Waals surface area contributed by atoms with Crippen LogP contribution in [0.5, 0.6) is 0 Å². The smallest absolute Gasteiger partial charge is 0.257 e. The Morgan fingerprint density at radius 3 is 2.50 bits per heavy atom. The van der Waals surface area contributed by atoms with Gasteiger partial charge in [-0.05, 0) is 35.9 Å². The molecule has 28 heavy (non-hydrogen) atoms. The average molecular weight is 369 g/mol. The second-order valence-electron chi connectivity index (χ2n) is 6.29. The van der Waals surface area contributed by atoms with Gasteiger partial charge in [0, 0.05) is 12.4 Å². The number of hydrogen-bond donors (Lipinski definition) is 2. The molecular weight excluding hydrogens is 350 g/mol. The van der Waals surface area contributed by atoms with E-state index in [0.29, 0.717) is 29.4 Å². The lowest BCUT2D eigenvalue weighted by molar-refractivity contribution is 0.914. The van der Waals surface area contributed by atoms with Crippen molar-refractivity contribution in [2.75, 3.05) is 10.6 Å². The van der Waals surface area contributed by atoms with Gasteiger partial charge in [0.2, 0.25) is 5.95 Å². The van der Waals surface area contributed by atoms with E-state index >= 15 is 0 Å². The number of anilines is 3. The number of aromatic amines is 1. The topological polar surface area (TPSA) is 87.9 Å². The molecule has 2 aromatic heterocycles. The van der Waals surface area contributed by atoms with Gasteiger partial charge in [-0.3, -0.25) is 4.79 Å². The molecule has 6 heteroatoms. The Morgan fingerprint density at radius 2 is 1.71 bits per heavy atom. The number of nitrogens with zero attached hydrogens (tertiary/aromatic N) is 3. The van der Waals surface area contributed by atoms with Crippen molar-refractivity contribution in [2.45, 2.75) is 6.54 Å². The lowest BCUT2D eigenvalue weighted by atomic mass is 10.2. The minimum absolute atomic E-state index is 0.194. The third kappa shape index (κ3) is 3.61. The van der Waals surface area contributed by atoms with Gasteiger partial charge in [-0.1, -0.05) is 42.5 Å². The van der Waals surface area contributed by atoms with Gasteiger partial charge in [0.15, 0.2) is 0 Å². The summed E-state index contributed by atoms with van der Waals surface area (Å²) in [5.74, 6) is 0.475. The van der Waals surface area contributed by atoms with Gasteiger partial charge in [-0.15, -0.1) is 0 Å². The van der Waals surface area contributed by atoms with Crippen LogP contribution in [0.15, 0.2) is 90.0 Å². The molecule has 2 aromatic carbocycles. The Bertz CT molecular complexity index is 1140. The summed E-state index contributed by atoms with van der Waals surface area (Å²) in [7, 11) is 0. The quantitative estimate of drug-likeness (QED) is 0.523. The molecule has 6 nitrogen and oxygen atoms in total. The van der Waals surface area contributed by atoms with Crippen LogP contribution in [0.25, 0.3) is 11.3 Å². The number of H-pyrrole nitrogens is 1. The van der Waals surface area contributed by atoms with Gasteiger partial charge in [-0.2, -0.15) is 0 Å². The van der Waals surface area contributed by atoms with Crippen LogP contribution in [0.3, 0.4) is 0 Å². The summed E-state index contributed by atoms with van der Waals surface area (Å²) in [4.78, 5) is 25.9. The average Bonchev–Trinajstić information content (AvgIpc) is 2.74. The molecule has 0 saturated heterocycles. The van der Waals surface area contributed by atoms with Crippen LogP contribution in [0.2, 0.25) is 0 Å². The molecule has 0 atom stereocenters. The highest BCUT2D eigenvalue weighted by atomic mass is 16.1. The van der Waals surface area contributed by atoms with E-state index in [4.69, 9.17) is 5.73 Å². The number of nitrogens with two attached hydrogens (primary N) is 1. The molecule has 4 aromatic rings. The number of pyridine rings is 1. The van der Waals surface area contributed by atoms with Crippen molar-refractivity contribution >= 4 is 17.3 Å². The second kappa shape index (κ2) is 7.75. The first-order valence-corrected chi connectivity index (χ1v) is 8.89. The first-order valence-electron chi connectivity index (χ1n) is 8.89. The Hall–Kier alpha value is -3.93. The molecule has 0 radical (unpaired) electrons. The van der Waals surface area contributed by atoms with E-state index in [-0.39, 0.29) is 5.56 Å². The van der Waals surface area contributed by atoms with Crippen LogP contribution >= 0.6 is 0 Å². The molecule has 0 bridgehead atoms. The predicted octanol–water partition coefficient (Wildman–Crippen LogP) is 3.75. The summed E-state index contributed by atoms with van der Waals surface area (Å²) in [6.45, 7) is 0.545. The highest BCUT2D eigenvalue weighted by molar-refractivity contribution is 5.73. The van der Waals surface area contributed by atoms with Crippen LogP contribution in [0.1, 0.15) is 5.56 Å². The van der Waals surface area contributed by atoms with E-state index < -0.39 is 0 Å². The van der Waals surface area contributed by atoms with Crippen LogP contribution in [-0.2, 0) is 6.54 Å². The normalized spacial score (nSPS) is 10.6. The van der Waals surface area contributed by atoms with Crippen molar-refractivity contribution in [3.63, 3.8) is 0 Å². The summed E-state index contributed by atoms with van der Waals surface area (Å²) >= 11 is 0. The first-order chi connectivity index (χ1) is 13.7. The lowest BCUT2D eigenvalue weighted by Gasteiger charge is -2.24. The summed E-state index contributed by atoms with van der Waals surface area (Å²) in [5.41, 5.74) is 9.62. The van der Waals surface area contributed by atoms with Crippen molar-refractivity contribution in [3.8, 4) is 11.3 Å². The van der Waals surface area contributed by atoms with E-state index in [1.165, 1.54) is 0 Å². The third-order valence-electron chi connectivity index (χ3n) is 4.39. The van der Waals surface area contributed by atoms with Crippen LogP contribution in [-0.4, -0.2) is 15.0 Å². The number of hydrogen-bond acceptors (Lipinski definition) is 5. The van der Waals surface area contributed by atoms with Crippen LogP contribution in [0, 0.1) is 0 Å². The van der Waals surface area contributed by atoms with Crippen molar-refractivity contribution in [3.05, 3.63) is 101 Å². The molecule has 3 N–H and O–H groups in total. The molecule has 2 heterocycles. The number of nitrogen functional groups attached to an aromatic ring is 1. The minimum atomic E-state index is -0.194. The Balaban J connectivity index is 1.81. The number of para-hydroxylation sites is 2. The number of benzene rings is 2. The zero-order chi connectivity index (χ0) is 19.3. The van der Waals surface area contributed by atoms with E-state index in [1.807, 2.05) is 59.5 Å². The fourth-order valence-electron chi connectivity index (χ4n) is 3.01. The molecule has 0 aliphatic rings. The zero-order valence-corrected chi connectivity index (χ0v) is 15.1. The van der Waals surface area contributed by atoms with Crippen LogP contribution < -0.4 is 16.2 Å². The monoisotopic (exact) mass is 369 g/mol. The zero-order valence-electron chi connectivity index (χ0n) is 15.1. The molecule has 0 spiro atoms. The van der Waals surface area contributed by atoms with Crippen LogP contribution in [0.4, 0.5) is 17.3 Å². The molecule has 4 rings (SSSR count). The maximum atomic E-state index is 12.2. The Kier molecular flexibility index (Phi) is 4.84. The molecule has 0 fully saturated rings. The molecular formula is C22H19N5O. The van der Waals surface area contributed by atoms with Gasteiger partial charge in [0.1, 0.15) is 0 Å². The molecule has 0 saturated carbocycles. The van der Waals surface area contributed by atoms with Gasteiger partial charge >= 0.3 is 0 Å². The molecule has 138 valence electrons. The van der Waals surface area contributed by atoms with Gasteiger partial charge in [-0.25, -0.2) is 9.97 Å². The van der Waals surface area contributed by atoms with Gasteiger partial charge in [0.25, 0.3) is 5.56 Å². The SMILES string of the molecule is Nc1ccccc1N(Cc1ccccc1)c1nccc(-c2ccc[nH]c2=O)n1. The van der Waals surface area contributed by atoms with E-state index in [0.717, 1.165) is 11.3 Å². The molecule has 0 unspecified atom stereocenters. The fraction of sp³-hybridized carbons (Fsp3) is 0.0455. The second-order valence-corrected chi connectivity index (χ2v) is 6.29. The Labute approximate surface area is 162 Å². The first kappa shape index (κ1) is 17.5. The Morgan fingerprint density at radius 1 is 0.929 bits per heavy atom. The highest BCUT2D eigenvalue weighted by Gasteiger charge is 2.17. The van der Waals surface area contributed by atoms with E-state index in [1.54, 1.807) is 30.6 Å². The summed E-state index contributed by atoms with van der Waals surface area (Å²) in [5, 5.41) is 0. The lowest BCUT2D eigenvalue weighted by Crippen LogP contribution is -2.20. The summed E-state index contributed by atoms with van der Waals surface area (Å²) in [6.07, 6.45) is 3.25. The van der Waals surface area contributed by atoms with Crippen molar-refractivity contribution in [2.24, 2.45) is 0 Å². The molecule has 0 aliphatic carbocycles. The van der Waals surface area contributed by atoms with Crippen molar-refractivity contribution in [1.29, 1.82) is 0 Å². The van der Waals surface area contributed by atoms with E-state index in [9.17, 15) is 4.79 Å². The fourth-order valence-corrected chi connectivity index (χ4v) is 3.01. The highest BCUT2D eigenvalue weighted by Crippen LogP contribution is 2.30. The van der Waals surface area contributed by atoms with Crippen molar-refractivity contribution in [1.82, 2.24) is 15.0 Å². The standard InChI is InChI=1S/C22H19N5O/c23-18-10-4-5-11-20(18)27(15-16-7-2-1-3-8-16)22-25-14-12-19(26-22)17-9-6-13-24-21(17)28/h1-14H,15,23H2,(H,24,28). The van der Waals surface area contributed by atoms with Gasteiger partial charge < -0.3 is 15.6 Å². The van der Waals surface area contributed by atoms with Gasteiger partial charge in [0.05, 0.1) is 29.2 Å². The third-order valence-corrected chi connectivity index (χ3v) is 4.39. The molecule has 0 amide bonds. The largest absolute Gasteiger partial charge is 0.397 e. The molecule has 0 aliphatic heterocycles. The van der Waals surface area contributed by atoms with E-state index in [2.05, 4.69) is 15.0 Å². The number of rotatable bonds is 5.